The third-order valence-corrected chi connectivity index (χ3v) is 11.7. The van der Waals surface area contributed by atoms with Crippen LogP contribution in [0.1, 0.15) is 60.7 Å². The Morgan fingerprint density at radius 3 is 2.50 bits per heavy atom. The fourth-order valence-electron chi connectivity index (χ4n) is 6.63. The normalized spacial score (nSPS) is 27.9. The Kier molecular flexibility index (Phi) is 7.82. The first-order valence-electron chi connectivity index (χ1n) is 13.6. The number of benzene rings is 2. The summed E-state index contributed by atoms with van der Waals surface area (Å²) in [5.74, 6) is -0.534. The van der Waals surface area contributed by atoms with E-state index in [1.165, 1.54) is 11.3 Å². The standard InChI is InChI=1S/C30H37N3O5S2/c1-19-9-11-21(12-10-19)40(37,38)33-28-32-27-22(15-26(36)31-17-20-7-5-4-6-8-20)29(2)14-13-25(35)30(3,18-34)24(29)16-23(27)39-28/h4-12,22,24-25,34-35H,13-18H2,1-3H3,(H,31,36)(H,32,33). The second-order valence-corrected chi connectivity index (χ2v) is 14.5. The number of nitrogens with one attached hydrogen (secondary N) is 2. The molecule has 214 valence electrons. The molecule has 5 rings (SSSR count). The first kappa shape index (κ1) is 28.7. The SMILES string of the molecule is Cc1ccc(S(=O)(=O)Nc2nc3c(s2)CC2C(C)(CO)C(O)CCC2(C)C3CC(=O)NCc2ccccc2)cc1. The summed E-state index contributed by atoms with van der Waals surface area (Å²) >= 11 is 1.27. The molecular formula is C30H37N3O5S2. The van der Waals surface area contributed by atoms with Crippen LogP contribution in [0.3, 0.4) is 0 Å². The highest BCUT2D eigenvalue weighted by molar-refractivity contribution is 7.93. The van der Waals surface area contributed by atoms with Crippen molar-refractivity contribution in [1.29, 1.82) is 0 Å². The number of hydrogen-bond acceptors (Lipinski definition) is 7. The molecule has 2 aliphatic carbocycles. The third-order valence-electron chi connectivity index (χ3n) is 9.17. The molecule has 0 spiro atoms. The van der Waals surface area contributed by atoms with Gasteiger partial charge < -0.3 is 15.5 Å². The maximum absolute atomic E-state index is 13.3. The van der Waals surface area contributed by atoms with Gasteiger partial charge in [-0.05, 0) is 55.2 Å². The third kappa shape index (κ3) is 5.30. The van der Waals surface area contributed by atoms with Crippen molar-refractivity contribution in [3.05, 3.63) is 76.3 Å². The lowest BCUT2D eigenvalue weighted by atomic mass is 9.47. The van der Waals surface area contributed by atoms with Gasteiger partial charge in [0.2, 0.25) is 5.91 Å². The monoisotopic (exact) mass is 583 g/mol. The summed E-state index contributed by atoms with van der Waals surface area (Å²) in [5, 5.41) is 24.7. The summed E-state index contributed by atoms with van der Waals surface area (Å²) in [5.41, 5.74) is 1.52. The number of amides is 1. The molecule has 1 aromatic heterocycles. The average Bonchev–Trinajstić information content (AvgIpc) is 3.33. The molecule has 0 aliphatic heterocycles. The number of aliphatic hydroxyl groups is 2. The van der Waals surface area contributed by atoms with Gasteiger partial charge in [0, 0.05) is 29.2 Å². The molecule has 0 bridgehead atoms. The van der Waals surface area contributed by atoms with Crippen molar-refractivity contribution in [1.82, 2.24) is 10.3 Å². The van der Waals surface area contributed by atoms with Crippen LogP contribution in [0, 0.1) is 23.7 Å². The highest BCUT2D eigenvalue weighted by Gasteiger charge is 2.59. The fourth-order valence-corrected chi connectivity index (χ4v) is 8.94. The van der Waals surface area contributed by atoms with Crippen molar-refractivity contribution in [3.8, 4) is 0 Å². The van der Waals surface area contributed by atoms with Crippen LogP contribution in [0.4, 0.5) is 5.13 Å². The van der Waals surface area contributed by atoms with E-state index in [4.69, 9.17) is 4.98 Å². The number of sulfonamides is 1. The average molecular weight is 584 g/mol. The molecule has 1 heterocycles. The van der Waals surface area contributed by atoms with Crippen LogP contribution in [0.2, 0.25) is 0 Å². The summed E-state index contributed by atoms with van der Waals surface area (Å²) < 4.78 is 28.9. The zero-order valence-corrected chi connectivity index (χ0v) is 24.7. The van der Waals surface area contributed by atoms with Gasteiger partial charge in [0.25, 0.3) is 10.0 Å². The number of thiazole rings is 1. The summed E-state index contributed by atoms with van der Waals surface area (Å²) in [4.78, 5) is 19.1. The number of fused-ring (bicyclic) bond motifs is 2. The van der Waals surface area contributed by atoms with Gasteiger partial charge in [-0.2, -0.15) is 0 Å². The maximum Gasteiger partial charge on any atom is 0.263 e. The minimum absolute atomic E-state index is 0.116. The largest absolute Gasteiger partial charge is 0.396 e. The lowest BCUT2D eigenvalue weighted by Crippen LogP contribution is -2.57. The van der Waals surface area contributed by atoms with E-state index in [9.17, 15) is 23.4 Å². The Morgan fingerprint density at radius 1 is 1.12 bits per heavy atom. The van der Waals surface area contributed by atoms with E-state index in [1.807, 2.05) is 44.2 Å². The first-order chi connectivity index (χ1) is 19.0. The second kappa shape index (κ2) is 10.9. The number of nitrogens with zero attached hydrogens (tertiary/aromatic N) is 1. The molecule has 4 N–H and O–H groups in total. The number of hydrogen-bond donors (Lipinski definition) is 4. The van der Waals surface area contributed by atoms with Crippen molar-refractivity contribution in [2.45, 2.75) is 69.9 Å². The van der Waals surface area contributed by atoms with Crippen LogP contribution in [-0.4, -0.2) is 42.2 Å². The minimum atomic E-state index is -3.85. The fraction of sp³-hybridized carbons (Fsp3) is 0.467. The molecule has 1 amide bonds. The summed E-state index contributed by atoms with van der Waals surface area (Å²) in [6.45, 7) is 6.17. The van der Waals surface area contributed by atoms with Gasteiger partial charge in [-0.3, -0.25) is 9.52 Å². The van der Waals surface area contributed by atoms with Crippen molar-refractivity contribution in [2.24, 2.45) is 16.7 Å². The number of aryl methyl sites for hydroxylation is 1. The molecule has 8 nitrogen and oxygen atoms in total. The van der Waals surface area contributed by atoms with Crippen LogP contribution >= 0.6 is 11.3 Å². The van der Waals surface area contributed by atoms with Crippen LogP contribution in [-0.2, 0) is 27.8 Å². The number of anilines is 1. The van der Waals surface area contributed by atoms with Crippen molar-refractivity contribution in [2.75, 3.05) is 11.3 Å². The molecule has 1 fully saturated rings. The zero-order chi connectivity index (χ0) is 28.7. The molecule has 5 unspecified atom stereocenters. The number of aliphatic hydroxyl groups excluding tert-OH is 2. The Hall–Kier alpha value is -2.79. The molecule has 2 aromatic carbocycles. The van der Waals surface area contributed by atoms with E-state index < -0.39 is 27.0 Å². The predicted octanol–water partition coefficient (Wildman–Crippen LogP) is 4.37. The zero-order valence-electron chi connectivity index (χ0n) is 23.1. The van der Waals surface area contributed by atoms with Gasteiger partial charge in [0.05, 0.1) is 23.3 Å². The Balaban J connectivity index is 1.48. The second-order valence-electron chi connectivity index (χ2n) is 11.7. The van der Waals surface area contributed by atoms with E-state index in [2.05, 4.69) is 17.0 Å². The molecule has 0 saturated heterocycles. The number of carbonyl (C=O) groups is 1. The summed E-state index contributed by atoms with van der Waals surface area (Å²) in [7, 11) is -3.85. The highest BCUT2D eigenvalue weighted by atomic mass is 32.2. The Bertz CT molecular complexity index is 1470. The molecule has 5 atom stereocenters. The molecule has 1 saturated carbocycles. The van der Waals surface area contributed by atoms with Gasteiger partial charge in [-0.1, -0.05) is 61.9 Å². The quantitative estimate of drug-likeness (QED) is 0.312. The number of aromatic nitrogens is 1. The van der Waals surface area contributed by atoms with E-state index in [-0.39, 0.29) is 40.8 Å². The van der Waals surface area contributed by atoms with E-state index in [1.54, 1.807) is 24.3 Å². The smallest absolute Gasteiger partial charge is 0.263 e. The van der Waals surface area contributed by atoms with E-state index in [0.717, 1.165) is 21.7 Å². The Morgan fingerprint density at radius 2 is 1.82 bits per heavy atom. The molecule has 2 aliphatic rings. The summed E-state index contributed by atoms with van der Waals surface area (Å²) in [6, 6.07) is 16.3. The van der Waals surface area contributed by atoms with Crippen molar-refractivity contribution < 1.29 is 23.4 Å². The molecular weight excluding hydrogens is 546 g/mol. The van der Waals surface area contributed by atoms with Crippen LogP contribution in [0.5, 0.6) is 0 Å². The molecule has 10 heteroatoms. The summed E-state index contributed by atoms with van der Waals surface area (Å²) in [6.07, 6.45) is 1.24. The van der Waals surface area contributed by atoms with Gasteiger partial charge in [0.1, 0.15) is 0 Å². The highest BCUT2D eigenvalue weighted by Crippen LogP contribution is 2.62. The Labute approximate surface area is 239 Å². The number of rotatable bonds is 8. The first-order valence-corrected chi connectivity index (χ1v) is 15.9. The van der Waals surface area contributed by atoms with Gasteiger partial charge >= 0.3 is 0 Å². The van der Waals surface area contributed by atoms with Gasteiger partial charge in [-0.25, -0.2) is 13.4 Å². The van der Waals surface area contributed by atoms with Gasteiger partial charge in [-0.15, -0.1) is 11.3 Å². The lowest BCUT2D eigenvalue weighted by molar-refractivity contribution is -0.144. The number of carbonyl (C=O) groups excluding carboxylic acids is 1. The van der Waals surface area contributed by atoms with Gasteiger partial charge in [0.15, 0.2) is 5.13 Å². The topological polar surface area (TPSA) is 129 Å². The van der Waals surface area contributed by atoms with Crippen LogP contribution in [0.15, 0.2) is 59.5 Å². The molecule has 40 heavy (non-hydrogen) atoms. The van der Waals surface area contributed by atoms with Crippen molar-refractivity contribution in [3.63, 3.8) is 0 Å². The lowest BCUT2D eigenvalue weighted by Gasteiger charge is -2.58. The van der Waals surface area contributed by atoms with Crippen LogP contribution < -0.4 is 10.0 Å². The van der Waals surface area contributed by atoms with E-state index >= 15 is 0 Å². The minimum Gasteiger partial charge on any atom is -0.396 e. The van der Waals surface area contributed by atoms with Crippen LogP contribution in [0.25, 0.3) is 0 Å². The predicted molar refractivity (Wildman–Crippen MR) is 155 cm³/mol. The van der Waals surface area contributed by atoms with Crippen molar-refractivity contribution >= 4 is 32.4 Å². The molecule has 0 radical (unpaired) electrons. The molecule has 3 aromatic rings. The van der Waals surface area contributed by atoms with E-state index in [0.29, 0.717) is 25.8 Å². The maximum atomic E-state index is 13.3.